The molecule has 0 aliphatic carbocycles. The van der Waals surface area contributed by atoms with E-state index >= 15 is 0 Å². The lowest BCUT2D eigenvalue weighted by Gasteiger charge is -2.42. The third kappa shape index (κ3) is 4.48. The number of carbonyl (C=O) groups excluding carboxylic acids is 2. The van der Waals surface area contributed by atoms with Crippen LogP contribution in [0.4, 0.5) is 5.69 Å². The number of hydrogen-bond acceptors (Lipinski definition) is 4. The van der Waals surface area contributed by atoms with Crippen molar-refractivity contribution in [1.82, 2.24) is 14.5 Å². The fourth-order valence-corrected chi connectivity index (χ4v) is 5.02. The van der Waals surface area contributed by atoms with Gasteiger partial charge in [-0.25, -0.2) is 4.98 Å². The van der Waals surface area contributed by atoms with Crippen LogP contribution in [0.3, 0.4) is 0 Å². The summed E-state index contributed by atoms with van der Waals surface area (Å²) in [5, 5.41) is 0. The first-order chi connectivity index (χ1) is 16.5. The van der Waals surface area contributed by atoms with Gasteiger partial charge in [0.05, 0.1) is 12.1 Å². The molecule has 0 saturated carbocycles. The second kappa shape index (κ2) is 9.43. The van der Waals surface area contributed by atoms with E-state index < -0.39 is 5.60 Å². The van der Waals surface area contributed by atoms with Crippen LogP contribution in [0, 0.1) is 6.92 Å². The van der Waals surface area contributed by atoms with Gasteiger partial charge in [-0.2, -0.15) is 0 Å². The second-order valence-corrected chi connectivity index (χ2v) is 9.19. The van der Waals surface area contributed by atoms with E-state index in [9.17, 15) is 9.59 Å². The Balaban J connectivity index is 1.31. The zero-order valence-corrected chi connectivity index (χ0v) is 19.5. The topological polar surface area (TPSA) is 67.7 Å². The van der Waals surface area contributed by atoms with Gasteiger partial charge < -0.3 is 19.1 Å². The number of aromatic nitrogens is 2. The largest absolute Gasteiger partial charge is 0.363 e. The number of morpholine rings is 1. The molecule has 176 valence electrons. The third-order valence-electron chi connectivity index (χ3n) is 7.01. The fourth-order valence-electron chi connectivity index (χ4n) is 5.02. The van der Waals surface area contributed by atoms with Crippen molar-refractivity contribution in [3.63, 3.8) is 0 Å². The SMILES string of the molecule is Cc1nccn1Cc1ccccc1C(=O)N1CCC[C@@]2(CC1)CN(c1ccccc1)C(=O)CO2. The Labute approximate surface area is 200 Å². The number of aryl methyl sites for hydroxylation is 1. The van der Waals surface area contributed by atoms with Crippen LogP contribution in [-0.2, 0) is 16.1 Å². The molecule has 1 spiro atoms. The molecule has 34 heavy (non-hydrogen) atoms. The Bertz CT molecular complexity index is 1180. The van der Waals surface area contributed by atoms with Gasteiger partial charge >= 0.3 is 0 Å². The van der Waals surface area contributed by atoms with E-state index in [4.69, 9.17) is 4.74 Å². The number of imidazole rings is 1. The molecule has 0 unspecified atom stereocenters. The summed E-state index contributed by atoms with van der Waals surface area (Å²) in [6, 6.07) is 17.6. The zero-order valence-electron chi connectivity index (χ0n) is 19.5. The summed E-state index contributed by atoms with van der Waals surface area (Å²) in [5.41, 5.74) is 2.20. The number of benzene rings is 2. The number of anilines is 1. The average molecular weight is 459 g/mol. The number of likely N-dealkylation sites (tertiary alicyclic amines) is 1. The summed E-state index contributed by atoms with van der Waals surface area (Å²) < 4.78 is 8.20. The fraction of sp³-hybridized carbons (Fsp3) is 0.370. The number of rotatable bonds is 4. The summed E-state index contributed by atoms with van der Waals surface area (Å²) in [6.45, 7) is 4.47. The maximum atomic E-state index is 13.6. The first-order valence-electron chi connectivity index (χ1n) is 11.9. The maximum absolute atomic E-state index is 13.6. The summed E-state index contributed by atoms with van der Waals surface area (Å²) in [7, 11) is 0. The molecule has 0 bridgehead atoms. The Hall–Kier alpha value is -3.45. The smallest absolute Gasteiger partial charge is 0.254 e. The van der Waals surface area contributed by atoms with Gasteiger partial charge in [0, 0.05) is 43.3 Å². The molecule has 1 atom stereocenters. The molecule has 0 N–H and O–H groups in total. The first kappa shape index (κ1) is 22.3. The Morgan fingerprint density at radius 1 is 1.06 bits per heavy atom. The van der Waals surface area contributed by atoms with Gasteiger partial charge in [-0.1, -0.05) is 36.4 Å². The quantitative estimate of drug-likeness (QED) is 0.598. The minimum absolute atomic E-state index is 0.0160. The maximum Gasteiger partial charge on any atom is 0.254 e. The highest BCUT2D eigenvalue weighted by molar-refractivity contribution is 5.96. The summed E-state index contributed by atoms with van der Waals surface area (Å²) in [6.07, 6.45) is 6.08. The van der Waals surface area contributed by atoms with Gasteiger partial charge in [0.15, 0.2) is 0 Å². The van der Waals surface area contributed by atoms with Crippen molar-refractivity contribution < 1.29 is 14.3 Å². The molecule has 7 heteroatoms. The highest BCUT2D eigenvalue weighted by atomic mass is 16.5. The standard InChI is InChI=1S/C27H30N4O3/c1-21-28-14-17-30(21)18-22-8-5-6-11-24(22)26(33)29-15-7-12-27(13-16-29)20-31(25(32)19-34-27)23-9-3-2-4-10-23/h2-6,8-11,14,17H,7,12-13,15-16,18-20H2,1H3/t27-/m1/s1. The highest BCUT2D eigenvalue weighted by Crippen LogP contribution is 2.33. The van der Waals surface area contributed by atoms with Gasteiger partial charge in [-0.3, -0.25) is 9.59 Å². The molecule has 2 aromatic carbocycles. The molecule has 2 amide bonds. The van der Waals surface area contributed by atoms with E-state index in [0.29, 0.717) is 32.6 Å². The van der Waals surface area contributed by atoms with Gasteiger partial charge in [0.2, 0.25) is 0 Å². The van der Waals surface area contributed by atoms with Crippen molar-refractivity contribution in [2.24, 2.45) is 0 Å². The van der Waals surface area contributed by atoms with Gasteiger partial charge in [-0.15, -0.1) is 0 Å². The van der Waals surface area contributed by atoms with Crippen LogP contribution in [0.2, 0.25) is 0 Å². The van der Waals surface area contributed by atoms with E-state index in [-0.39, 0.29) is 18.4 Å². The van der Waals surface area contributed by atoms with Crippen molar-refractivity contribution >= 4 is 17.5 Å². The molecule has 5 rings (SSSR count). The Morgan fingerprint density at radius 3 is 2.65 bits per heavy atom. The lowest BCUT2D eigenvalue weighted by atomic mass is 9.92. The third-order valence-corrected chi connectivity index (χ3v) is 7.01. The van der Waals surface area contributed by atoms with E-state index in [0.717, 1.165) is 35.5 Å². The van der Waals surface area contributed by atoms with Crippen molar-refractivity contribution in [1.29, 1.82) is 0 Å². The molecule has 2 aliphatic rings. The van der Waals surface area contributed by atoms with Crippen LogP contribution in [0.5, 0.6) is 0 Å². The number of para-hydroxylation sites is 1. The summed E-state index contributed by atoms with van der Waals surface area (Å²) >= 11 is 0. The molecule has 2 saturated heterocycles. The lowest BCUT2D eigenvalue weighted by molar-refractivity contribution is -0.140. The number of nitrogens with zero attached hydrogens (tertiary/aromatic N) is 4. The number of ether oxygens (including phenoxy) is 1. The van der Waals surface area contributed by atoms with E-state index in [2.05, 4.69) is 9.55 Å². The van der Waals surface area contributed by atoms with Crippen molar-refractivity contribution in [2.75, 3.05) is 31.1 Å². The molecular formula is C27H30N4O3. The molecule has 2 aliphatic heterocycles. The normalized spacial score (nSPS) is 21.0. The molecule has 0 radical (unpaired) electrons. The summed E-state index contributed by atoms with van der Waals surface area (Å²) in [5.74, 6) is 0.959. The van der Waals surface area contributed by atoms with Crippen LogP contribution < -0.4 is 4.90 Å². The first-order valence-corrected chi connectivity index (χ1v) is 11.9. The van der Waals surface area contributed by atoms with Crippen LogP contribution in [-0.4, -0.2) is 58.1 Å². The minimum Gasteiger partial charge on any atom is -0.363 e. The monoisotopic (exact) mass is 458 g/mol. The lowest BCUT2D eigenvalue weighted by Crippen LogP contribution is -2.55. The molecular weight excluding hydrogens is 428 g/mol. The number of carbonyl (C=O) groups is 2. The van der Waals surface area contributed by atoms with Gasteiger partial charge in [0.25, 0.3) is 11.8 Å². The Kier molecular flexibility index (Phi) is 6.20. The highest BCUT2D eigenvalue weighted by Gasteiger charge is 2.42. The summed E-state index contributed by atoms with van der Waals surface area (Å²) in [4.78, 5) is 34.3. The van der Waals surface area contributed by atoms with Gasteiger partial charge in [0.1, 0.15) is 12.4 Å². The van der Waals surface area contributed by atoms with E-state index in [1.54, 1.807) is 6.20 Å². The van der Waals surface area contributed by atoms with E-state index in [1.807, 2.05) is 77.5 Å². The van der Waals surface area contributed by atoms with Crippen LogP contribution in [0.15, 0.2) is 67.0 Å². The molecule has 1 aromatic heterocycles. The van der Waals surface area contributed by atoms with Crippen molar-refractivity contribution in [2.45, 2.75) is 38.3 Å². The molecule has 3 aromatic rings. The molecule has 7 nitrogen and oxygen atoms in total. The number of amides is 2. The molecule has 3 heterocycles. The van der Waals surface area contributed by atoms with Crippen molar-refractivity contribution in [3.05, 3.63) is 83.9 Å². The molecule has 2 fully saturated rings. The predicted octanol–water partition coefficient (Wildman–Crippen LogP) is 3.67. The van der Waals surface area contributed by atoms with Crippen LogP contribution in [0.1, 0.15) is 41.0 Å². The van der Waals surface area contributed by atoms with Crippen LogP contribution >= 0.6 is 0 Å². The zero-order chi connectivity index (χ0) is 23.5. The minimum atomic E-state index is -0.424. The van der Waals surface area contributed by atoms with Crippen molar-refractivity contribution in [3.8, 4) is 0 Å². The van der Waals surface area contributed by atoms with Gasteiger partial charge in [-0.05, 0) is 49.9 Å². The average Bonchev–Trinajstić information content (AvgIpc) is 3.15. The number of hydrogen-bond donors (Lipinski definition) is 0. The Morgan fingerprint density at radius 2 is 1.85 bits per heavy atom. The van der Waals surface area contributed by atoms with Crippen LogP contribution in [0.25, 0.3) is 0 Å². The second-order valence-electron chi connectivity index (χ2n) is 9.19. The predicted molar refractivity (Wildman–Crippen MR) is 130 cm³/mol. The van der Waals surface area contributed by atoms with E-state index in [1.165, 1.54) is 0 Å².